The van der Waals surface area contributed by atoms with Crippen LogP contribution in [0.4, 0.5) is 0 Å². The van der Waals surface area contributed by atoms with Gasteiger partial charge in [0.15, 0.2) is 17.8 Å². The van der Waals surface area contributed by atoms with Crippen molar-refractivity contribution in [2.24, 2.45) is 5.41 Å². The van der Waals surface area contributed by atoms with E-state index in [-0.39, 0.29) is 25.2 Å². The minimum atomic E-state index is -1.37. The molecule has 1 heterocycles. The predicted octanol–water partition coefficient (Wildman–Crippen LogP) is 1.79. The first-order chi connectivity index (χ1) is 12.0. The Labute approximate surface area is 147 Å². The second-order valence-electron chi connectivity index (χ2n) is 6.17. The van der Waals surface area contributed by atoms with Crippen molar-refractivity contribution in [2.75, 3.05) is 19.7 Å². The Kier molecular flexibility index (Phi) is 6.47. The number of ketones is 1. The van der Waals surface area contributed by atoms with E-state index in [2.05, 4.69) is 11.9 Å². The third kappa shape index (κ3) is 4.76. The highest BCUT2D eigenvalue weighted by molar-refractivity contribution is 6.02. The van der Waals surface area contributed by atoms with Crippen LogP contribution in [0.15, 0.2) is 42.5 Å². The van der Waals surface area contributed by atoms with E-state index in [0.717, 1.165) is 5.56 Å². The lowest BCUT2D eigenvalue weighted by Gasteiger charge is -2.32. The number of piperidine rings is 1. The van der Waals surface area contributed by atoms with E-state index in [9.17, 15) is 14.4 Å². The number of ether oxygens (including phenoxy) is 2. The second kappa shape index (κ2) is 8.58. The van der Waals surface area contributed by atoms with Crippen molar-refractivity contribution in [3.05, 3.63) is 48.0 Å². The molecule has 0 atom stereocenters. The smallest absolute Gasteiger partial charge is 0.324 e. The van der Waals surface area contributed by atoms with Gasteiger partial charge in [-0.05, 0) is 44.0 Å². The molecule has 25 heavy (non-hydrogen) atoms. The molecule has 6 nitrogen and oxygen atoms in total. The minimum Gasteiger partial charge on any atom is -0.460 e. The quantitative estimate of drug-likeness (QED) is 0.461. The first-order valence-electron chi connectivity index (χ1n) is 8.23. The number of nitrogens with one attached hydrogen (secondary N) is 1. The van der Waals surface area contributed by atoms with Crippen molar-refractivity contribution in [1.82, 2.24) is 5.32 Å². The Morgan fingerprint density at radius 2 is 1.68 bits per heavy atom. The van der Waals surface area contributed by atoms with Crippen LogP contribution < -0.4 is 5.32 Å². The van der Waals surface area contributed by atoms with Gasteiger partial charge in [0.2, 0.25) is 0 Å². The fourth-order valence-electron chi connectivity index (χ4n) is 2.60. The average Bonchev–Trinajstić information content (AvgIpc) is 2.65. The van der Waals surface area contributed by atoms with Gasteiger partial charge in [0, 0.05) is 0 Å². The first-order valence-corrected chi connectivity index (χ1v) is 8.23. The summed E-state index contributed by atoms with van der Waals surface area (Å²) in [6.07, 6.45) is 0.557. The van der Waals surface area contributed by atoms with Gasteiger partial charge in [-0.25, -0.2) is 0 Å². The lowest BCUT2D eigenvalue weighted by Crippen LogP contribution is -2.49. The molecule has 134 valence electrons. The van der Waals surface area contributed by atoms with Crippen molar-refractivity contribution < 1.29 is 23.9 Å². The molecule has 1 aromatic carbocycles. The first kappa shape index (κ1) is 18.9. The molecule has 1 aliphatic heterocycles. The van der Waals surface area contributed by atoms with Crippen LogP contribution >= 0.6 is 0 Å². The Bertz CT molecular complexity index is 647. The molecule has 0 spiro atoms. The summed E-state index contributed by atoms with van der Waals surface area (Å²) in [5.41, 5.74) is -0.223. The van der Waals surface area contributed by atoms with Crippen molar-refractivity contribution in [3.63, 3.8) is 0 Å². The molecule has 0 radical (unpaired) electrons. The maximum Gasteiger partial charge on any atom is 0.324 e. The average molecular weight is 345 g/mol. The monoisotopic (exact) mass is 345 g/mol. The Hall–Kier alpha value is -2.47. The van der Waals surface area contributed by atoms with E-state index in [4.69, 9.17) is 9.47 Å². The van der Waals surface area contributed by atoms with Crippen LogP contribution in [-0.2, 0) is 30.5 Å². The van der Waals surface area contributed by atoms with Gasteiger partial charge in [-0.1, -0.05) is 36.9 Å². The van der Waals surface area contributed by atoms with Gasteiger partial charge in [-0.3, -0.25) is 14.4 Å². The lowest BCUT2D eigenvalue weighted by atomic mass is 9.79. The fourth-order valence-corrected chi connectivity index (χ4v) is 2.60. The normalized spacial score (nSPS) is 15.9. The fraction of sp³-hybridized carbons (Fsp3) is 0.421. The van der Waals surface area contributed by atoms with Gasteiger partial charge < -0.3 is 14.8 Å². The highest BCUT2D eigenvalue weighted by atomic mass is 16.6. The number of Topliss-reactive ketones (excluding diaryl/α,β-unsaturated/α-hetero) is 1. The number of hydrogen-bond acceptors (Lipinski definition) is 6. The molecule has 6 heteroatoms. The van der Waals surface area contributed by atoms with Crippen LogP contribution in [-0.4, -0.2) is 37.4 Å². The van der Waals surface area contributed by atoms with Crippen LogP contribution in [0.1, 0.15) is 25.3 Å². The molecule has 1 N–H and O–H groups in total. The van der Waals surface area contributed by atoms with Crippen molar-refractivity contribution in [3.8, 4) is 0 Å². The largest absolute Gasteiger partial charge is 0.460 e. The molecule has 0 aromatic heterocycles. The maximum atomic E-state index is 12.7. The van der Waals surface area contributed by atoms with Gasteiger partial charge >= 0.3 is 11.9 Å². The van der Waals surface area contributed by atoms with Gasteiger partial charge in [0.05, 0.1) is 0 Å². The van der Waals surface area contributed by atoms with Gasteiger partial charge in [-0.2, -0.15) is 0 Å². The third-order valence-electron chi connectivity index (χ3n) is 4.26. The maximum absolute atomic E-state index is 12.7. The van der Waals surface area contributed by atoms with Crippen LogP contribution in [0.5, 0.6) is 0 Å². The third-order valence-corrected chi connectivity index (χ3v) is 4.26. The Morgan fingerprint density at radius 3 is 2.28 bits per heavy atom. The summed E-state index contributed by atoms with van der Waals surface area (Å²) in [6, 6.07) is 9.25. The highest BCUT2D eigenvalue weighted by Gasteiger charge is 2.49. The Morgan fingerprint density at radius 1 is 1.08 bits per heavy atom. The van der Waals surface area contributed by atoms with Gasteiger partial charge in [-0.15, -0.1) is 0 Å². The van der Waals surface area contributed by atoms with E-state index < -0.39 is 24.0 Å². The Balaban J connectivity index is 2.05. The summed E-state index contributed by atoms with van der Waals surface area (Å²) in [4.78, 5) is 36.8. The summed E-state index contributed by atoms with van der Waals surface area (Å²) in [7, 11) is 0. The van der Waals surface area contributed by atoms with Crippen molar-refractivity contribution >= 4 is 17.7 Å². The second-order valence-corrected chi connectivity index (χ2v) is 6.17. The predicted molar refractivity (Wildman–Crippen MR) is 91.6 cm³/mol. The summed E-state index contributed by atoms with van der Waals surface area (Å²) >= 11 is 0. The van der Waals surface area contributed by atoms with Crippen molar-refractivity contribution in [1.29, 1.82) is 0 Å². The highest BCUT2D eigenvalue weighted by Crippen LogP contribution is 2.32. The van der Waals surface area contributed by atoms with Crippen LogP contribution in [0, 0.1) is 5.41 Å². The molecule has 0 unspecified atom stereocenters. The van der Waals surface area contributed by atoms with Crippen LogP contribution in [0.25, 0.3) is 0 Å². The SMILES string of the molecule is C=C(C)C(=O)COC(=O)C1(C(=O)OCc2ccccc2)CCNCC1. The standard InChI is InChI=1S/C19H23NO5/c1-14(2)16(21)13-25-18(23)19(8-10-20-11-9-19)17(22)24-12-15-6-4-3-5-7-15/h3-7,20H,1,8-13H2,2H3. The zero-order chi connectivity index (χ0) is 18.3. The van der Waals surface area contributed by atoms with Crippen LogP contribution in [0.3, 0.4) is 0 Å². The minimum absolute atomic E-state index is 0.0901. The molecule has 1 saturated heterocycles. The molecule has 2 rings (SSSR count). The summed E-state index contributed by atoms with van der Waals surface area (Å²) in [5.74, 6) is -1.68. The molecular formula is C19H23NO5. The molecule has 1 aromatic rings. The molecular weight excluding hydrogens is 322 g/mol. The van der Waals surface area contributed by atoms with E-state index in [1.165, 1.54) is 0 Å². The molecule has 0 aliphatic carbocycles. The van der Waals surface area contributed by atoms with E-state index in [1.54, 1.807) is 6.92 Å². The van der Waals surface area contributed by atoms with Gasteiger partial charge in [0.1, 0.15) is 6.61 Å². The van der Waals surface area contributed by atoms with E-state index >= 15 is 0 Å². The van der Waals surface area contributed by atoms with E-state index in [1.807, 2.05) is 30.3 Å². The summed E-state index contributed by atoms with van der Waals surface area (Å²) < 4.78 is 10.5. The van der Waals surface area contributed by atoms with Crippen LogP contribution in [0.2, 0.25) is 0 Å². The number of carbonyl (C=O) groups is 3. The molecule has 1 aliphatic rings. The zero-order valence-electron chi connectivity index (χ0n) is 14.4. The van der Waals surface area contributed by atoms with E-state index in [0.29, 0.717) is 18.7 Å². The number of esters is 2. The number of carbonyl (C=O) groups excluding carboxylic acids is 3. The molecule has 0 amide bonds. The summed E-state index contributed by atoms with van der Waals surface area (Å²) in [5, 5.41) is 3.11. The number of hydrogen-bond donors (Lipinski definition) is 1. The van der Waals surface area contributed by atoms with Gasteiger partial charge in [0.25, 0.3) is 0 Å². The molecule has 1 fully saturated rings. The summed E-state index contributed by atoms with van der Waals surface area (Å²) in [6.45, 7) is 5.76. The van der Waals surface area contributed by atoms with Crippen molar-refractivity contribution in [2.45, 2.75) is 26.4 Å². The molecule has 0 saturated carbocycles. The lowest BCUT2D eigenvalue weighted by molar-refractivity contribution is -0.176. The topological polar surface area (TPSA) is 81.7 Å². The number of benzene rings is 1. The molecule has 0 bridgehead atoms. The number of rotatable bonds is 7. The zero-order valence-corrected chi connectivity index (χ0v) is 14.4.